The highest BCUT2D eigenvalue weighted by Crippen LogP contribution is 2.33. The first kappa shape index (κ1) is 23.3. The normalized spacial score (nSPS) is 16.2. The van der Waals surface area contributed by atoms with Gasteiger partial charge in [0.25, 0.3) is 0 Å². The largest absolute Gasteiger partial charge is 0.338 e. The molecule has 178 valence electrons. The van der Waals surface area contributed by atoms with E-state index in [1.807, 2.05) is 73.7 Å². The number of aryl methyl sites for hydroxylation is 1. The summed E-state index contributed by atoms with van der Waals surface area (Å²) in [5.74, 6) is 1.16. The fraction of sp³-hybridized carbons (Fsp3) is 0.250. The van der Waals surface area contributed by atoms with Crippen molar-refractivity contribution in [2.75, 3.05) is 18.4 Å². The average molecular weight is 485 g/mol. The number of rotatable bonds is 7. The maximum atomic E-state index is 13.2. The topological polar surface area (TPSA) is 71.3 Å². The lowest BCUT2D eigenvalue weighted by atomic mass is 9.97. The van der Waals surface area contributed by atoms with E-state index in [0.29, 0.717) is 24.8 Å². The van der Waals surface area contributed by atoms with Crippen LogP contribution < -0.4 is 5.32 Å². The molecule has 1 aromatic heterocycles. The molecule has 0 aliphatic carbocycles. The minimum absolute atomic E-state index is 0.0574. The van der Waals surface area contributed by atoms with Gasteiger partial charge >= 0.3 is 0 Å². The van der Waals surface area contributed by atoms with Crippen LogP contribution in [0.5, 0.6) is 0 Å². The number of piperidine rings is 1. The number of aromatic nitrogens is 2. The van der Waals surface area contributed by atoms with Crippen LogP contribution in [0.1, 0.15) is 24.3 Å². The van der Waals surface area contributed by atoms with Crippen molar-refractivity contribution in [3.8, 4) is 11.4 Å². The molecule has 2 heterocycles. The van der Waals surface area contributed by atoms with Crippen LogP contribution in [0.4, 0.5) is 5.69 Å². The van der Waals surface area contributed by atoms with Crippen LogP contribution in [0, 0.1) is 12.8 Å². The van der Waals surface area contributed by atoms with Gasteiger partial charge in [0.05, 0.1) is 18.2 Å². The van der Waals surface area contributed by atoms with Crippen molar-refractivity contribution in [3.05, 3.63) is 90.3 Å². The lowest BCUT2D eigenvalue weighted by molar-refractivity contribution is -0.121. The Labute approximate surface area is 209 Å². The fourth-order valence-electron chi connectivity index (χ4n) is 4.37. The highest BCUT2D eigenvalue weighted by Gasteiger charge is 2.27. The van der Waals surface area contributed by atoms with Gasteiger partial charge in [-0.15, -0.1) is 0 Å². The zero-order valence-corrected chi connectivity index (χ0v) is 20.5. The molecule has 0 spiro atoms. The molecule has 1 atom stereocenters. The Hall–Kier alpha value is -3.42. The summed E-state index contributed by atoms with van der Waals surface area (Å²) in [7, 11) is 0. The molecule has 0 radical (unpaired) electrons. The van der Waals surface area contributed by atoms with Gasteiger partial charge in [-0.25, -0.2) is 0 Å². The molecular formula is C28H28N4O2S. The van der Waals surface area contributed by atoms with Crippen molar-refractivity contribution in [2.45, 2.75) is 36.1 Å². The van der Waals surface area contributed by atoms with Crippen molar-refractivity contribution in [1.82, 2.24) is 15.0 Å². The maximum Gasteiger partial charge on any atom is 0.241 e. The maximum absolute atomic E-state index is 13.2. The van der Waals surface area contributed by atoms with E-state index in [2.05, 4.69) is 32.5 Å². The summed E-state index contributed by atoms with van der Waals surface area (Å²) in [4.78, 5) is 22.2. The molecule has 35 heavy (non-hydrogen) atoms. The van der Waals surface area contributed by atoms with Crippen LogP contribution in [0.25, 0.3) is 11.4 Å². The van der Waals surface area contributed by atoms with Gasteiger partial charge in [-0.1, -0.05) is 71.5 Å². The molecule has 7 heteroatoms. The second kappa shape index (κ2) is 10.9. The number of benzene rings is 3. The molecule has 5 rings (SSSR count). The van der Waals surface area contributed by atoms with Gasteiger partial charge in [0, 0.05) is 21.9 Å². The minimum Gasteiger partial charge on any atom is -0.338 e. The van der Waals surface area contributed by atoms with Gasteiger partial charge in [-0.05, 0) is 56.1 Å². The first-order valence-electron chi connectivity index (χ1n) is 11.9. The quantitative estimate of drug-likeness (QED) is 0.344. The van der Waals surface area contributed by atoms with E-state index in [0.717, 1.165) is 46.0 Å². The van der Waals surface area contributed by atoms with E-state index in [-0.39, 0.29) is 11.8 Å². The molecular weight excluding hydrogens is 456 g/mol. The molecule has 0 bridgehead atoms. The number of carbonyl (C=O) groups excluding carboxylic acids is 1. The summed E-state index contributed by atoms with van der Waals surface area (Å²) in [5.41, 5.74) is 2.94. The first-order chi connectivity index (χ1) is 17.2. The summed E-state index contributed by atoms with van der Waals surface area (Å²) in [6.45, 7) is 4.16. The highest BCUT2D eigenvalue weighted by atomic mass is 32.2. The summed E-state index contributed by atoms with van der Waals surface area (Å²) in [5, 5.41) is 7.35. The number of para-hydroxylation sites is 1. The molecule has 1 aliphatic rings. The van der Waals surface area contributed by atoms with Crippen LogP contribution in [0.2, 0.25) is 0 Å². The first-order valence-corrected chi connectivity index (χ1v) is 12.7. The Bertz CT molecular complexity index is 1290. The Morgan fingerprint density at radius 1 is 1.06 bits per heavy atom. The fourth-order valence-corrected chi connectivity index (χ4v) is 5.29. The second-order valence-corrected chi connectivity index (χ2v) is 9.92. The van der Waals surface area contributed by atoms with Gasteiger partial charge in [0.1, 0.15) is 0 Å². The summed E-state index contributed by atoms with van der Waals surface area (Å²) in [6, 6.07) is 26.2. The third-order valence-electron chi connectivity index (χ3n) is 6.21. The molecule has 1 N–H and O–H groups in total. The zero-order valence-electron chi connectivity index (χ0n) is 19.7. The van der Waals surface area contributed by atoms with Gasteiger partial charge in [0.15, 0.2) is 0 Å². The van der Waals surface area contributed by atoms with E-state index in [1.165, 1.54) is 0 Å². The van der Waals surface area contributed by atoms with Crippen LogP contribution in [-0.2, 0) is 11.3 Å². The molecule has 1 unspecified atom stereocenters. The third kappa shape index (κ3) is 5.81. The Balaban J connectivity index is 1.22. The number of nitrogens with zero attached hydrogens (tertiary/aromatic N) is 3. The molecule has 6 nitrogen and oxygen atoms in total. The Morgan fingerprint density at radius 3 is 2.69 bits per heavy atom. The molecule has 4 aromatic rings. The number of amides is 1. The van der Waals surface area contributed by atoms with Crippen LogP contribution in [-0.4, -0.2) is 34.0 Å². The number of anilines is 1. The van der Waals surface area contributed by atoms with Gasteiger partial charge in [-0.3, -0.25) is 9.69 Å². The molecule has 1 saturated heterocycles. The summed E-state index contributed by atoms with van der Waals surface area (Å²) >= 11 is 1.65. The van der Waals surface area contributed by atoms with E-state index in [4.69, 9.17) is 4.52 Å². The minimum atomic E-state index is -0.0858. The Morgan fingerprint density at radius 2 is 1.83 bits per heavy atom. The highest BCUT2D eigenvalue weighted by molar-refractivity contribution is 7.99. The molecule has 3 aromatic carbocycles. The predicted octanol–water partition coefficient (Wildman–Crippen LogP) is 6.05. The van der Waals surface area contributed by atoms with E-state index in [1.54, 1.807) is 11.8 Å². The number of carbonyl (C=O) groups is 1. The Kier molecular flexibility index (Phi) is 7.25. The van der Waals surface area contributed by atoms with Gasteiger partial charge in [-0.2, -0.15) is 4.98 Å². The molecule has 1 fully saturated rings. The van der Waals surface area contributed by atoms with Crippen LogP contribution in [0.15, 0.2) is 93.2 Å². The number of hydrogen-bond acceptors (Lipinski definition) is 6. The van der Waals surface area contributed by atoms with Gasteiger partial charge < -0.3 is 9.84 Å². The van der Waals surface area contributed by atoms with Crippen LogP contribution in [0.3, 0.4) is 0 Å². The third-order valence-corrected chi connectivity index (χ3v) is 7.29. The molecule has 0 saturated carbocycles. The van der Waals surface area contributed by atoms with Crippen LogP contribution >= 0.6 is 11.8 Å². The standard InChI is InChI=1S/C28H28N4O2S/c1-20-10-5-6-14-23(20)27-30-26(34-31-27)19-32-17-9-11-21(18-32)28(33)29-24-15-7-8-16-25(24)35-22-12-3-2-4-13-22/h2-8,10,12-16,21H,9,11,17-19H2,1H3,(H,29,33). The summed E-state index contributed by atoms with van der Waals surface area (Å²) in [6.07, 6.45) is 1.83. The zero-order chi connectivity index (χ0) is 24.0. The van der Waals surface area contributed by atoms with E-state index in [9.17, 15) is 4.79 Å². The molecule has 1 aliphatic heterocycles. The second-order valence-electron chi connectivity index (χ2n) is 8.80. The lowest BCUT2D eigenvalue weighted by Gasteiger charge is -2.31. The average Bonchev–Trinajstić information content (AvgIpc) is 3.34. The van der Waals surface area contributed by atoms with Gasteiger partial charge in [0.2, 0.25) is 17.6 Å². The predicted molar refractivity (Wildman–Crippen MR) is 138 cm³/mol. The number of nitrogens with one attached hydrogen (secondary N) is 1. The lowest BCUT2D eigenvalue weighted by Crippen LogP contribution is -2.40. The molecule has 1 amide bonds. The number of hydrogen-bond donors (Lipinski definition) is 1. The van der Waals surface area contributed by atoms with Crippen molar-refractivity contribution in [3.63, 3.8) is 0 Å². The monoisotopic (exact) mass is 484 g/mol. The smallest absolute Gasteiger partial charge is 0.241 e. The van der Waals surface area contributed by atoms with Crippen molar-refractivity contribution >= 4 is 23.4 Å². The SMILES string of the molecule is Cc1ccccc1-c1noc(CN2CCCC(C(=O)Nc3ccccc3Sc3ccccc3)C2)n1. The number of likely N-dealkylation sites (tertiary alicyclic amines) is 1. The summed E-state index contributed by atoms with van der Waals surface area (Å²) < 4.78 is 5.53. The van der Waals surface area contributed by atoms with E-state index < -0.39 is 0 Å². The van der Waals surface area contributed by atoms with E-state index >= 15 is 0 Å². The van der Waals surface area contributed by atoms with Crippen molar-refractivity contribution in [1.29, 1.82) is 0 Å². The van der Waals surface area contributed by atoms with Crippen molar-refractivity contribution in [2.24, 2.45) is 5.92 Å². The van der Waals surface area contributed by atoms with Crippen molar-refractivity contribution < 1.29 is 9.32 Å².